The normalized spacial score (nSPS) is 18.2. The summed E-state index contributed by atoms with van der Waals surface area (Å²) in [6.07, 6.45) is -4.90. The molecule has 40 heavy (non-hydrogen) atoms. The average molecular weight is 675 g/mol. The third-order valence-corrected chi connectivity index (χ3v) is 9.29. The van der Waals surface area contributed by atoms with Crippen molar-refractivity contribution in [3.8, 4) is 0 Å². The first-order valence-corrected chi connectivity index (χ1v) is 14.7. The molecule has 2 atom stereocenters. The monoisotopic (exact) mass is 672 g/mol. The van der Waals surface area contributed by atoms with Crippen molar-refractivity contribution in [2.45, 2.75) is 21.3 Å². The number of nitrogens with one attached hydrogen (secondary N) is 2. The van der Waals surface area contributed by atoms with Crippen LogP contribution in [0.4, 0.5) is 24.5 Å². The lowest BCUT2D eigenvalue weighted by Crippen LogP contribution is -2.22. The minimum absolute atomic E-state index is 0.0294. The Balaban J connectivity index is 1.46. The maximum Gasteiger partial charge on any atom is 0.403 e. The summed E-state index contributed by atoms with van der Waals surface area (Å²) in [6.45, 7) is 0. The molecule has 2 N–H and O–H groups in total. The third-order valence-electron chi connectivity index (χ3n) is 5.88. The summed E-state index contributed by atoms with van der Waals surface area (Å²) >= 11 is 31.0. The number of alkyl halides is 5. The van der Waals surface area contributed by atoms with Crippen molar-refractivity contribution in [2.24, 2.45) is 5.92 Å². The maximum absolute atomic E-state index is 13.0. The molecular weight excluding hydrogens is 659 g/mol. The van der Waals surface area contributed by atoms with Crippen molar-refractivity contribution >= 4 is 91.0 Å². The average Bonchev–Trinajstić information content (AvgIpc) is 3.40. The molecule has 0 aliphatic heterocycles. The van der Waals surface area contributed by atoms with Gasteiger partial charge in [-0.25, -0.2) is 8.42 Å². The molecule has 4 rings (SSSR count). The summed E-state index contributed by atoms with van der Waals surface area (Å²) < 4.78 is 60.0. The Kier molecular flexibility index (Phi) is 8.63. The fourth-order valence-corrected chi connectivity index (χ4v) is 6.79. The zero-order chi connectivity index (χ0) is 29.6. The standard InChI is InChI=1S/C25H16Cl5F3N2O4S/c26-13-7-12(8-14(27)9-13)20-21(25(20,29)30)23(37)35-16-3-6-19(28)18(10-16)22(36)34-15-1-4-17(5-2-15)40(38,39)11-24(31,32)33/h1-10,20-21H,11H2,(H,34,36)(H,35,37)/t20-,21+/m1/s1. The number of benzene rings is 3. The quantitative estimate of drug-likeness (QED) is 0.251. The summed E-state index contributed by atoms with van der Waals surface area (Å²) in [4.78, 5) is 25.3. The Hall–Kier alpha value is -2.21. The van der Waals surface area contributed by atoms with Crippen LogP contribution in [0.15, 0.2) is 65.6 Å². The van der Waals surface area contributed by atoms with Crippen LogP contribution in [-0.4, -0.2) is 36.5 Å². The van der Waals surface area contributed by atoms with Crippen LogP contribution in [0.2, 0.25) is 15.1 Å². The highest BCUT2D eigenvalue weighted by atomic mass is 35.5. The second-order valence-corrected chi connectivity index (χ2v) is 13.6. The van der Waals surface area contributed by atoms with Crippen LogP contribution in [0, 0.1) is 5.92 Å². The maximum atomic E-state index is 13.0. The molecular formula is C25H16Cl5F3N2O4S. The van der Waals surface area contributed by atoms with E-state index in [9.17, 15) is 31.2 Å². The molecule has 1 aliphatic rings. The highest BCUT2D eigenvalue weighted by molar-refractivity contribution is 7.91. The van der Waals surface area contributed by atoms with E-state index >= 15 is 0 Å². The number of anilines is 2. The SMILES string of the molecule is O=C(Nc1ccc(S(=O)(=O)CC(F)(F)F)cc1)c1cc(NC(=O)[C@@H]2[C@@H](c3cc(Cl)cc(Cl)c3)C2(Cl)Cl)ccc1Cl. The van der Waals surface area contributed by atoms with Gasteiger partial charge in [0.1, 0.15) is 4.33 Å². The van der Waals surface area contributed by atoms with E-state index < -0.39 is 54.6 Å². The first-order valence-electron chi connectivity index (χ1n) is 11.1. The van der Waals surface area contributed by atoms with E-state index in [4.69, 9.17) is 58.0 Å². The molecule has 1 aliphatic carbocycles. The predicted molar refractivity (Wildman–Crippen MR) is 150 cm³/mol. The van der Waals surface area contributed by atoms with Gasteiger partial charge in [-0.1, -0.05) is 34.8 Å². The van der Waals surface area contributed by atoms with Crippen molar-refractivity contribution in [1.82, 2.24) is 0 Å². The number of hydrogen-bond donors (Lipinski definition) is 2. The molecule has 0 heterocycles. The van der Waals surface area contributed by atoms with Crippen LogP contribution in [0.3, 0.4) is 0 Å². The van der Waals surface area contributed by atoms with Crippen LogP contribution >= 0.6 is 58.0 Å². The van der Waals surface area contributed by atoms with Crippen LogP contribution < -0.4 is 10.6 Å². The number of hydrogen-bond acceptors (Lipinski definition) is 4. The van der Waals surface area contributed by atoms with Gasteiger partial charge in [-0.3, -0.25) is 9.59 Å². The first-order chi connectivity index (χ1) is 18.5. The van der Waals surface area contributed by atoms with Gasteiger partial charge in [-0.05, 0) is 66.2 Å². The number of carbonyl (C=O) groups is 2. The molecule has 2 amide bonds. The van der Waals surface area contributed by atoms with Gasteiger partial charge in [0, 0.05) is 27.3 Å². The number of amides is 2. The van der Waals surface area contributed by atoms with Crippen LogP contribution in [-0.2, 0) is 14.6 Å². The highest BCUT2D eigenvalue weighted by Gasteiger charge is 2.67. The van der Waals surface area contributed by atoms with Gasteiger partial charge in [0.25, 0.3) is 5.91 Å². The second-order valence-electron chi connectivity index (χ2n) is 8.87. The Bertz CT molecular complexity index is 1580. The molecule has 1 fully saturated rings. The fourth-order valence-electron chi connectivity index (χ4n) is 4.06. The molecule has 15 heteroatoms. The topological polar surface area (TPSA) is 92.3 Å². The van der Waals surface area contributed by atoms with Gasteiger partial charge in [-0.15, -0.1) is 23.2 Å². The number of halogens is 8. The van der Waals surface area contributed by atoms with Gasteiger partial charge in [0.2, 0.25) is 5.91 Å². The Morgan fingerprint density at radius 3 is 2.00 bits per heavy atom. The van der Waals surface area contributed by atoms with Crippen molar-refractivity contribution < 1.29 is 31.2 Å². The molecule has 0 unspecified atom stereocenters. The van der Waals surface area contributed by atoms with Gasteiger partial charge in [0.05, 0.1) is 21.4 Å². The van der Waals surface area contributed by atoms with E-state index in [2.05, 4.69) is 10.6 Å². The first kappa shape index (κ1) is 30.7. The van der Waals surface area contributed by atoms with Crippen molar-refractivity contribution in [2.75, 3.05) is 16.4 Å². The molecule has 0 radical (unpaired) electrons. The molecule has 1 saturated carbocycles. The lowest BCUT2D eigenvalue weighted by Gasteiger charge is -2.11. The van der Waals surface area contributed by atoms with Gasteiger partial charge >= 0.3 is 6.18 Å². The van der Waals surface area contributed by atoms with E-state index in [1.165, 1.54) is 24.3 Å². The Morgan fingerprint density at radius 1 is 0.850 bits per heavy atom. The van der Waals surface area contributed by atoms with Crippen LogP contribution in [0.5, 0.6) is 0 Å². The molecule has 6 nitrogen and oxygen atoms in total. The van der Waals surface area contributed by atoms with E-state index in [-0.39, 0.29) is 22.0 Å². The van der Waals surface area contributed by atoms with Gasteiger partial charge in [-0.2, -0.15) is 13.2 Å². The van der Waals surface area contributed by atoms with E-state index in [0.29, 0.717) is 15.6 Å². The van der Waals surface area contributed by atoms with E-state index in [1.807, 2.05) is 0 Å². The molecule has 0 spiro atoms. The third kappa shape index (κ3) is 6.98. The number of rotatable bonds is 7. The molecule has 0 aromatic heterocycles. The van der Waals surface area contributed by atoms with Crippen LogP contribution in [0.25, 0.3) is 0 Å². The largest absolute Gasteiger partial charge is 0.403 e. The number of sulfone groups is 1. The van der Waals surface area contributed by atoms with Gasteiger partial charge in [0.15, 0.2) is 15.6 Å². The predicted octanol–water partition coefficient (Wildman–Crippen LogP) is 7.76. The summed E-state index contributed by atoms with van der Waals surface area (Å²) in [5, 5.41) is 5.85. The Labute approximate surface area is 251 Å². The fraction of sp³-hybridized carbons (Fsp3) is 0.200. The minimum Gasteiger partial charge on any atom is -0.326 e. The Morgan fingerprint density at radius 2 is 1.43 bits per heavy atom. The second kappa shape index (κ2) is 11.2. The minimum atomic E-state index is -4.90. The highest BCUT2D eigenvalue weighted by Crippen LogP contribution is 2.65. The number of carbonyl (C=O) groups excluding carboxylic acids is 2. The summed E-state index contributed by atoms with van der Waals surface area (Å²) in [5.41, 5.74) is 0.824. The lowest BCUT2D eigenvalue weighted by atomic mass is 10.1. The van der Waals surface area contributed by atoms with Crippen molar-refractivity contribution in [3.05, 3.63) is 86.9 Å². The molecule has 212 valence electrons. The van der Waals surface area contributed by atoms with Crippen molar-refractivity contribution in [3.63, 3.8) is 0 Å². The molecule has 3 aromatic carbocycles. The molecule has 0 saturated heterocycles. The van der Waals surface area contributed by atoms with Gasteiger partial charge < -0.3 is 10.6 Å². The smallest absolute Gasteiger partial charge is 0.326 e. The summed E-state index contributed by atoms with van der Waals surface area (Å²) in [7, 11) is -4.61. The van der Waals surface area contributed by atoms with E-state index in [1.54, 1.807) is 12.1 Å². The lowest BCUT2D eigenvalue weighted by molar-refractivity contribution is -0.117. The zero-order valence-electron chi connectivity index (χ0n) is 19.7. The zero-order valence-corrected chi connectivity index (χ0v) is 24.3. The van der Waals surface area contributed by atoms with Crippen LogP contribution in [0.1, 0.15) is 21.8 Å². The van der Waals surface area contributed by atoms with Crippen molar-refractivity contribution in [1.29, 1.82) is 0 Å². The summed E-state index contributed by atoms with van der Waals surface area (Å²) in [5.74, 6) is -4.72. The molecule has 0 bridgehead atoms. The van der Waals surface area contributed by atoms with E-state index in [0.717, 1.165) is 24.3 Å². The molecule has 3 aromatic rings. The summed E-state index contributed by atoms with van der Waals surface area (Å²) in [6, 6.07) is 13.0.